The van der Waals surface area contributed by atoms with Crippen LogP contribution in [0.25, 0.3) is 17.3 Å². The van der Waals surface area contributed by atoms with E-state index in [-0.39, 0.29) is 25.4 Å². The van der Waals surface area contributed by atoms with Gasteiger partial charge in [0.1, 0.15) is 22.6 Å². The quantitative estimate of drug-likeness (QED) is 0.666. The van der Waals surface area contributed by atoms with Gasteiger partial charge in [-0.1, -0.05) is 42.8 Å². The highest BCUT2D eigenvalue weighted by Crippen LogP contribution is 2.19. The van der Waals surface area contributed by atoms with Gasteiger partial charge in [-0.3, -0.25) is 9.36 Å². The van der Waals surface area contributed by atoms with Gasteiger partial charge >= 0.3 is 0 Å². The van der Waals surface area contributed by atoms with E-state index in [2.05, 4.69) is 0 Å². The Morgan fingerprint density at radius 1 is 1.21 bits per heavy atom. The van der Waals surface area contributed by atoms with Crippen LogP contribution >= 0.6 is 22.9 Å². The molecule has 0 saturated carbocycles. The second kappa shape index (κ2) is 8.22. The van der Waals surface area contributed by atoms with Gasteiger partial charge < -0.3 is 0 Å². The van der Waals surface area contributed by atoms with Crippen LogP contribution in [0.2, 0.25) is 5.02 Å². The van der Waals surface area contributed by atoms with Gasteiger partial charge in [-0.15, -0.1) is 11.3 Å². The van der Waals surface area contributed by atoms with Crippen molar-refractivity contribution in [3.05, 3.63) is 84.0 Å². The molecule has 0 aliphatic rings. The van der Waals surface area contributed by atoms with Crippen LogP contribution in [0.5, 0.6) is 0 Å². The molecule has 0 unspecified atom stereocenters. The summed E-state index contributed by atoms with van der Waals surface area (Å²) in [6.45, 7) is 1.95. The van der Waals surface area contributed by atoms with Gasteiger partial charge in [-0.25, -0.2) is 4.39 Å². The Balaban J connectivity index is 2.48. The van der Waals surface area contributed by atoms with Gasteiger partial charge in [-0.05, 0) is 36.3 Å². The summed E-state index contributed by atoms with van der Waals surface area (Å²) in [6.07, 6.45) is 2.01. The van der Waals surface area contributed by atoms with Crippen molar-refractivity contribution in [2.24, 2.45) is 0 Å². The molecule has 0 radical (unpaired) electrons. The standard InChI is InChI=1S/C21H13ClFN3OS/c1-2-13-6-3-4-9-18(13)26-20(27)19(28-21(26)14(11-24)12-25)10-15-16(22)7-5-8-17(15)23/h3-10H,2H2,1H3/b19-10+. The Labute approximate surface area is 169 Å². The molecule has 0 bridgehead atoms. The second-order valence-electron chi connectivity index (χ2n) is 5.77. The predicted molar refractivity (Wildman–Crippen MR) is 108 cm³/mol. The Kier molecular flexibility index (Phi) is 5.75. The Morgan fingerprint density at radius 2 is 1.93 bits per heavy atom. The lowest BCUT2D eigenvalue weighted by Gasteiger charge is -2.08. The Bertz CT molecular complexity index is 1290. The van der Waals surface area contributed by atoms with Crippen molar-refractivity contribution in [2.45, 2.75) is 13.3 Å². The van der Waals surface area contributed by atoms with E-state index in [9.17, 15) is 19.7 Å². The number of thiazole rings is 1. The molecule has 28 heavy (non-hydrogen) atoms. The SMILES string of the molecule is CCc1ccccc1-n1c(=C(C#N)C#N)s/c(=C/c2c(F)cccc2Cl)c1=O. The van der Waals surface area contributed by atoms with Crippen molar-refractivity contribution in [2.75, 3.05) is 0 Å². The molecule has 0 atom stereocenters. The number of aryl methyl sites for hydroxylation is 1. The fourth-order valence-electron chi connectivity index (χ4n) is 2.80. The van der Waals surface area contributed by atoms with Crippen molar-refractivity contribution >= 4 is 34.6 Å². The fraction of sp³-hybridized carbons (Fsp3) is 0.0952. The van der Waals surface area contributed by atoms with Crippen molar-refractivity contribution in [1.29, 1.82) is 10.5 Å². The van der Waals surface area contributed by atoms with Crippen LogP contribution in [0, 0.1) is 28.5 Å². The molecule has 138 valence electrons. The summed E-state index contributed by atoms with van der Waals surface area (Å²) in [7, 11) is 0. The van der Waals surface area contributed by atoms with E-state index in [1.807, 2.05) is 31.2 Å². The lowest BCUT2D eigenvalue weighted by Crippen LogP contribution is -2.31. The number of hydrogen-bond donors (Lipinski definition) is 0. The Morgan fingerprint density at radius 3 is 2.57 bits per heavy atom. The molecule has 7 heteroatoms. The molecule has 2 aromatic carbocycles. The molecule has 0 fully saturated rings. The van der Waals surface area contributed by atoms with Gasteiger partial charge in [-0.2, -0.15) is 10.5 Å². The third-order valence-electron chi connectivity index (χ3n) is 4.15. The third kappa shape index (κ3) is 3.48. The first-order valence-corrected chi connectivity index (χ1v) is 9.51. The zero-order chi connectivity index (χ0) is 20.3. The molecule has 4 nitrogen and oxygen atoms in total. The maximum Gasteiger partial charge on any atom is 0.273 e. The average molecular weight is 410 g/mol. The van der Waals surface area contributed by atoms with E-state index in [4.69, 9.17) is 11.6 Å². The van der Waals surface area contributed by atoms with E-state index in [0.29, 0.717) is 12.1 Å². The zero-order valence-corrected chi connectivity index (χ0v) is 16.3. The van der Waals surface area contributed by atoms with Crippen molar-refractivity contribution in [3.63, 3.8) is 0 Å². The van der Waals surface area contributed by atoms with Gasteiger partial charge in [0.05, 0.1) is 15.2 Å². The van der Waals surface area contributed by atoms with Crippen LogP contribution in [-0.2, 0) is 6.42 Å². The van der Waals surface area contributed by atoms with Crippen LogP contribution in [0.1, 0.15) is 18.1 Å². The minimum Gasteiger partial charge on any atom is -0.267 e. The molecule has 1 heterocycles. The smallest absolute Gasteiger partial charge is 0.267 e. The second-order valence-corrected chi connectivity index (χ2v) is 7.21. The molecule has 3 aromatic rings. The van der Waals surface area contributed by atoms with Gasteiger partial charge in [0.25, 0.3) is 5.56 Å². The van der Waals surface area contributed by atoms with Crippen molar-refractivity contribution in [3.8, 4) is 17.8 Å². The number of hydrogen-bond acceptors (Lipinski definition) is 4. The minimum absolute atomic E-state index is 0.0838. The van der Waals surface area contributed by atoms with Crippen molar-refractivity contribution < 1.29 is 4.39 Å². The highest BCUT2D eigenvalue weighted by molar-refractivity contribution is 7.07. The summed E-state index contributed by atoms with van der Waals surface area (Å²) in [6, 6.07) is 15.2. The number of nitriles is 2. The number of nitrogens with zero attached hydrogens (tertiary/aromatic N) is 3. The average Bonchev–Trinajstić information content (AvgIpc) is 3.01. The van der Waals surface area contributed by atoms with Crippen LogP contribution < -0.4 is 14.8 Å². The topological polar surface area (TPSA) is 69.6 Å². The first-order valence-electron chi connectivity index (χ1n) is 8.32. The maximum atomic E-state index is 14.2. The predicted octanol–water partition coefficient (Wildman–Crippen LogP) is 3.28. The lowest BCUT2D eigenvalue weighted by molar-refractivity contribution is 0.625. The number of benzene rings is 2. The van der Waals surface area contributed by atoms with E-state index >= 15 is 0 Å². The lowest BCUT2D eigenvalue weighted by atomic mass is 10.1. The van der Waals surface area contributed by atoms with E-state index < -0.39 is 11.4 Å². The van der Waals surface area contributed by atoms with Gasteiger partial charge in [0.15, 0.2) is 5.57 Å². The normalized spacial score (nSPS) is 11.1. The maximum absolute atomic E-state index is 14.2. The molecule has 0 saturated heterocycles. The van der Waals surface area contributed by atoms with Crippen LogP contribution in [0.4, 0.5) is 4.39 Å². The van der Waals surface area contributed by atoms with Crippen LogP contribution in [-0.4, -0.2) is 4.57 Å². The van der Waals surface area contributed by atoms with Gasteiger partial charge in [0, 0.05) is 5.56 Å². The zero-order valence-electron chi connectivity index (χ0n) is 14.7. The highest BCUT2D eigenvalue weighted by Gasteiger charge is 2.14. The molecule has 3 rings (SSSR count). The highest BCUT2D eigenvalue weighted by atomic mass is 35.5. The summed E-state index contributed by atoms with van der Waals surface area (Å²) in [4.78, 5) is 13.2. The van der Waals surface area contributed by atoms with E-state index in [0.717, 1.165) is 16.9 Å². The van der Waals surface area contributed by atoms with Gasteiger partial charge in [0.2, 0.25) is 0 Å². The largest absolute Gasteiger partial charge is 0.273 e. The molecule has 0 spiro atoms. The van der Waals surface area contributed by atoms with E-state index in [1.54, 1.807) is 12.1 Å². The third-order valence-corrected chi connectivity index (χ3v) is 5.57. The molecule has 0 aliphatic heterocycles. The summed E-state index contributed by atoms with van der Waals surface area (Å²) in [5, 5.41) is 18.9. The molecule has 0 amide bonds. The minimum atomic E-state index is -0.563. The first-order chi connectivity index (χ1) is 13.5. The number of halogens is 2. The summed E-state index contributed by atoms with van der Waals surface area (Å²) >= 11 is 7.03. The monoisotopic (exact) mass is 409 g/mol. The Hall–Kier alpha value is -3.19. The summed E-state index contributed by atoms with van der Waals surface area (Å²) < 4.78 is 15.9. The van der Waals surface area contributed by atoms with E-state index in [1.165, 1.54) is 28.8 Å². The first kappa shape index (κ1) is 19.6. The van der Waals surface area contributed by atoms with Crippen LogP contribution in [0.15, 0.2) is 47.3 Å². The summed E-state index contributed by atoms with van der Waals surface area (Å²) in [5.74, 6) is -0.563. The van der Waals surface area contributed by atoms with Crippen molar-refractivity contribution in [1.82, 2.24) is 4.57 Å². The number of aromatic nitrogens is 1. The molecule has 0 aliphatic carbocycles. The molecular formula is C21H13ClFN3OS. The summed E-state index contributed by atoms with van der Waals surface area (Å²) in [5.41, 5.74) is 0.925. The molecule has 0 N–H and O–H groups in total. The number of para-hydroxylation sites is 1. The molecular weight excluding hydrogens is 397 g/mol. The van der Waals surface area contributed by atoms with Crippen LogP contribution in [0.3, 0.4) is 0 Å². The number of rotatable bonds is 3. The molecule has 1 aromatic heterocycles. The fourth-order valence-corrected chi connectivity index (χ4v) is 4.04.